The first-order chi connectivity index (χ1) is 13.3. The van der Waals surface area contributed by atoms with E-state index in [0.29, 0.717) is 5.82 Å². The molecule has 0 bridgehead atoms. The first kappa shape index (κ1) is 19.3. The molecule has 3 N–H and O–H groups in total. The Labute approximate surface area is 171 Å². The molecule has 1 amide bonds. The molecular weight excluding hydrogens is 370 g/mol. The van der Waals surface area contributed by atoms with Crippen molar-refractivity contribution in [1.29, 1.82) is 0 Å². The van der Waals surface area contributed by atoms with Crippen molar-refractivity contribution in [3.05, 3.63) is 24.3 Å². The molecule has 1 aromatic heterocycles. The molecule has 0 atom stereocenters. The van der Waals surface area contributed by atoms with Crippen molar-refractivity contribution >= 4 is 40.3 Å². The lowest BCUT2D eigenvalue weighted by Crippen LogP contribution is -2.50. The normalized spacial score (nSPS) is 18.7. The van der Waals surface area contributed by atoms with Gasteiger partial charge in [-0.15, -0.1) is 0 Å². The fourth-order valence-electron chi connectivity index (χ4n) is 3.53. The van der Waals surface area contributed by atoms with Crippen LogP contribution in [0.5, 0.6) is 0 Å². The Hall–Kier alpha value is -1.99. The predicted molar refractivity (Wildman–Crippen MR) is 116 cm³/mol. The van der Waals surface area contributed by atoms with Gasteiger partial charge in [0.1, 0.15) is 5.82 Å². The number of carbonyl (C=O) groups excluding carboxylic acids is 1. The molecule has 2 aromatic rings. The summed E-state index contributed by atoms with van der Waals surface area (Å²) in [7, 11) is 0. The number of aromatic nitrogens is 1. The van der Waals surface area contributed by atoms with Crippen molar-refractivity contribution in [1.82, 2.24) is 14.6 Å². The predicted octanol–water partition coefficient (Wildman–Crippen LogP) is 3.27. The summed E-state index contributed by atoms with van der Waals surface area (Å²) in [5, 5.41) is 1.11. The summed E-state index contributed by atoms with van der Waals surface area (Å²) < 4.78 is 3.58. The van der Waals surface area contributed by atoms with Gasteiger partial charge in [-0.3, -0.25) is 9.52 Å². The van der Waals surface area contributed by atoms with Gasteiger partial charge in [0.2, 0.25) is 5.91 Å². The molecule has 0 unspecified atom stereocenters. The molecule has 1 aliphatic heterocycles. The maximum Gasteiger partial charge on any atom is 0.225 e. The van der Waals surface area contributed by atoms with Gasteiger partial charge in [0.15, 0.2) is 0 Å². The topological polar surface area (TPSA) is 74.5 Å². The van der Waals surface area contributed by atoms with E-state index in [1.807, 2.05) is 24.8 Å². The van der Waals surface area contributed by atoms with Crippen LogP contribution in [0.1, 0.15) is 33.6 Å². The zero-order valence-electron chi connectivity index (χ0n) is 16.9. The SMILES string of the molecule is CC(C)C(=O)N1CCN(c2cc(SNC3(C)CC3)cc3nc(N)ccc23)CC1. The Bertz CT molecular complexity index is 888. The minimum Gasteiger partial charge on any atom is -0.384 e. The highest BCUT2D eigenvalue weighted by Crippen LogP contribution is 2.39. The number of nitrogen functional groups attached to an aromatic ring is 1. The third-order valence-electron chi connectivity index (χ3n) is 5.62. The molecule has 4 rings (SSSR count). The molecule has 0 radical (unpaired) electrons. The highest BCUT2D eigenvalue weighted by Gasteiger charge is 2.37. The van der Waals surface area contributed by atoms with Gasteiger partial charge in [0, 0.05) is 53.6 Å². The fraction of sp³-hybridized carbons (Fsp3) is 0.524. The molecular formula is C21H29N5OS. The summed E-state index contributed by atoms with van der Waals surface area (Å²) in [4.78, 5) is 22.4. The Balaban J connectivity index is 1.59. The summed E-state index contributed by atoms with van der Waals surface area (Å²) in [6, 6.07) is 8.27. The lowest BCUT2D eigenvalue weighted by molar-refractivity contribution is -0.134. The minimum atomic E-state index is 0.0501. The average Bonchev–Trinajstić information content (AvgIpc) is 3.42. The van der Waals surface area contributed by atoms with E-state index >= 15 is 0 Å². The van der Waals surface area contributed by atoms with Crippen LogP contribution in [-0.2, 0) is 4.79 Å². The summed E-state index contributed by atoms with van der Waals surface area (Å²) in [6.07, 6.45) is 2.44. The number of nitrogens with one attached hydrogen (secondary N) is 1. The molecule has 1 saturated carbocycles. The number of hydrogen-bond donors (Lipinski definition) is 2. The second-order valence-electron chi connectivity index (χ2n) is 8.48. The van der Waals surface area contributed by atoms with E-state index in [-0.39, 0.29) is 17.4 Å². The fourth-order valence-corrected chi connectivity index (χ4v) is 4.44. The summed E-state index contributed by atoms with van der Waals surface area (Å²) in [5.41, 5.74) is 8.29. The van der Waals surface area contributed by atoms with Crippen molar-refractivity contribution < 1.29 is 4.79 Å². The van der Waals surface area contributed by atoms with Crippen LogP contribution in [0.4, 0.5) is 11.5 Å². The first-order valence-corrected chi connectivity index (χ1v) is 10.8. The number of carbonyl (C=O) groups is 1. The zero-order valence-corrected chi connectivity index (χ0v) is 17.7. The number of anilines is 2. The third-order valence-corrected chi connectivity index (χ3v) is 6.69. The maximum atomic E-state index is 12.3. The van der Waals surface area contributed by atoms with Crippen LogP contribution in [0.15, 0.2) is 29.2 Å². The highest BCUT2D eigenvalue weighted by atomic mass is 32.2. The Kier molecular flexibility index (Phi) is 5.14. The number of nitrogens with two attached hydrogens (primary N) is 1. The van der Waals surface area contributed by atoms with Gasteiger partial charge in [-0.25, -0.2) is 4.98 Å². The first-order valence-electron chi connectivity index (χ1n) is 10.0. The van der Waals surface area contributed by atoms with Crippen molar-refractivity contribution in [2.24, 2.45) is 5.92 Å². The summed E-state index contributed by atoms with van der Waals surface area (Å²) >= 11 is 1.68. The lowest BCUT2D eigenvalue weighted by atomic mass is 10.1. The molecule has 2 fully saturated rings. The van der Waals surface area contributed by atoms with Gasteiger partial charge in [-0.2, -0.15) is 0 Å². The van der Waals surface area contributed by atoms with Crippen LogP contribution in [0.3, 0.4) is 0 Å². The Morgan fingerprint density at radius 3 is 2.57 bits per heavy atom. The van der Waals surface area contributed by atoms with E-state index in [2.05, 4.69) is 39.7 Å². The molecule has 0 spiro atoms. The van der Waals surface area contributed by atoms with Crippen molar-refractivity contribution in [3.8, 4) is 0 Å². The number of rotatable bonds is 5. The van der Waals surface area contributed by atoms with Gasteiger partial charge < -0.3 is 15.5 Å². The molecule has 2 heterocycles. The van der Waals surface area contributed by atoms with Crippen LogP contribution in [-0.4, -0.2) is 47.5 Å². The van der Waals surface area contributed by atoms with E-state index in [0.717, 1.165) is 42.0 Å². The molecule has 7 heteroatoms. The van der Waals surface area contributed by atoms with Crippen LogP contribution in [0.25, 0.3) is 10.9 Å². The van der Waals surface area contributed by atoms with Crippen LogP contribution < -0.4 is 15.4 Å². The Morgan fingerprint density at radius 2 is 1.93 bits per heavy atom. The number of hydrogen-bond acceptors (Lipinski definition) is 6. The van der Waals surface area contributed by atoms with Gasteiger partial charge in [-0.05, 0) is 56.0 Å². The van der Waals surface area contributed by atoms with Crippen LogP contribution in [0.2, 0.25) is 0 Å². The number of benzene rings is 1. The van der Waals surface area contributed by atoms with Gasteiger partial charge in [-0.1, -0.05) is 13.8 Å². The van der Waals surface area contributed by atoms with E-state index in [1.54, 1.807) is 11.9 Å². The van der Waals surface area contributed by atoms with Crippen molar-refractivity contribution in [2.75, 3.05) is 36.8 Å². The van der Waals surface area contributed by atoms with Gasteiger partial charge in [0.05, 0.1) is 5.52 Å². The van der Waals surface area contributed by atoms with E-state index < -0.39 is 0 Å². The molecule has 150 valence electrons. The maximum absolute atomic E-state index is 12.3. The van der Waals surface area contributed by atoms with E-state index in [4.69, 9.17) is 5.73 Å². The number of fused-ring (bicyclic) bond motifs is 1. The summed E-state index contributed by atoms with van der Waals surface area (Å²) in [5.74, 6) is 0.828. The minimum absolute atomic E-state index is 0.0501. The monoisotopic (exact) mass is 399 g/mol. The van der Waals surface area contributed by atoms with E-state index in [9.17, 15) is 4.79 Å². The largest absolute Gasteiger partial charge is 0.384 e. The second kappa shape index (κ2) is 7.44. The molecule has 28 heavy (non-hydrogen) atoms. The van der Waals surface area contributed by atoms with E-state index in [1.165, 1.54) is 18.5 Å². The van der Waals surface area contributed by atoms with Gasteiger partial charge >= 0.3 is 0 Å². The van der Waals surface area contributed by atoms with Crippen molar-refractivity contribution in [2.45, 2.75) is 44.0 Å². The molecule has 2 aliphatic rings. The quantitative estimate of drug-likeness (QED) is 0.752. The second-order valence-corrected chi connectivity index (χ2v) is 9.36. The average molecular weight is 400 g/mol. The van der Waals surface area contributed by atoms with Gasteiger partial charge in [0.25, 0.3) is 0 Å². The molecule has 1 saturated heterocycles. The highest BCUT2D eigenvalue weighted by molar-refractivity contribution is 7.97. The lowest BCUT2D eigenvalue weighted by Gasteiger charge is -2.37. The number of nitrogens with zero attached hydrogens (tertiary/aromatic N) is 3. The van der Waals surface area contributed by atoms with Crippen molar-refractivity contribution in [3.63, 3.8) is 0 Å². The third kappa shape index (κ3) is 4.05. The Morgan fingerprint density at radius 1 is 1.21 bits per heavy atom. The van der Waals surface area contributed by atoms with Crippen LogP contribution in [0, 0.1) is 5.92 Å². The number of amides is 1. The standard InChI is InChI=1S/C21H29N5OS/c1-14(2)20(27)26-10-8-25(9-11-26)18-13-15(28-24-21(3)6-7-21)12-17-16(18)4-5-19(22)23-17/h4-5,12-14,24H,6-11H2,1-3H3,(H2,22,23). The number of piperazine rings is 1. The molecule has 1 aliphatic carbocycles. The summed E-state index contributed by atoms with van der Waals surface area (Å²) in [6.45, 7) is 9.36. The smallest absolute Gasteiger partial charge is 0.225 e. The molecule has 1 aromatic carbocycles. The zero-order chi connectivity index (χ0) is 19.9. The van der Waals surface area contributed by atoms with Crippen LogP contribution >= 0.6 is 11.9 Å². The number of pyridine rings is 1. The molecule has 6 nitrogen and oxygen atoms in total.